The average molecular weight is 429 g/mol. The summed E-state index contributed by atoms with van der Waals surface area (Å²) in [6, 6.07) is 25.7. The largest absolute Gasteiger partial charge is 0.497 e. The highest BCUT2D eigenvalue weighted by atomic mass is 19.1. The van der Waals surface area contributed by atoms with Crippen LogP contribution in [0, 0.1) is 5.82 Å². The molecule has 0 saturated heterocycles. The number of benzene rings is 4. The van der Waals surface area contributed by atoms with Gasteiger partial charge in [-0.05, 0) is 58.7 Å². The van der Waals surface area contributed by atoms with Crippen molar-refractivity contribution in [3.63, 3.8) is 0 Å². The molecule has 2 atom stereocenters. The van der Waals surface area contributed by atoms with Gasteiger partial charge in [-0.2, -0.15) is 0 Å². The number of aliphatic hydroxyl groups excluding tert-OH is 1. The Hall–Kier alpha value is -3.70. The van der Waals surface area contributed by atoms with E-state index in [0.29, 0.717) is 17.5 Å². The van der Waals surface area contributed by atoms with E-state index in [2.05, 4.69) is 5.32 Å². The van der Waals surface area contributed by atoms with Crippen LogP contribution in [0.3, 0.4) is 0 Å². The molecule has 5 heteroatoms. The van der Waals surface area contributed by atoms with E-state index in [4.69, 9.17) is 4.74 Å². The number of methoxy groups -OCH3 is 1. The summed E-state index contributed by atoms with van der Waals surface area (Å²) in [5.41, 5.74) is 1.99. The number of nitrogens with one attached hydrogen (secondary N) is 1. The van der Waals surface area contributed by atoms with Gasteiger partial charge in [0.15, 0.2) is 0 Å². The van der Waals surface area contributed by atoms with Crippen molar-refractivity contribution in [1.82, 2.24) is 5.32 Å². The number of halogens is 1. The van der Waals surface area contributed by atoms with Crippen LogP contribution in [0.4, 0.5) is 4.39 Å². The number of rotatable bonds is 7. The zero-order chi connectivity index (χ0) is 22.5. The molecule has 2 N–H and O–H groups in total. The molecule has 0 aliphatic carbocycles. The van der Waals surface area contributed by atoms with E-state index < -0.39 is 12.1 Å². The van der Waals surface area contributed by atoms with Gasteiger partial charge < -0.3 is 15.2 Å². The van der Waals surface area contributed by atoms with Gasteiger partial charge in [-0.1, -0.05) is 60.7 Å². The molecule has 0 fully saturated rings. The molecule has 0 aromatic heterocycles. The molecule has 4 nitrogen and oxygen atoms in total. The third-order valence-corrected chi connectivity index (χ3v) is 5.56. The van der Waals surface area contributed by atoms with Crippen LogP contribution in [-0.2, 0) is 6.42 Å². The minimum absolute atomic E-state index is 0.276. The maximum atomic E-state index is 13.4. The Morgan fingerprint density at radius 1 is 0.938 bits per heavy atom. The first-order chi connectivity index (χ1) is 15.5. The van der Waals surface area contributed by atoms with Gasteiger partial charge >= 0.3 is 0 Å². The lowest BCUT2D eigenvalue weighted by atomic mass is 9.95. The molecule has 4 rings (SSSR count). The van der Waals surface area contributed by atoms with Gasteiger partial charge in [0.2, 0.25) is 0 Å². The van der Waals surface area contributed by atoms with Gasteiger partial charge in [0.1, 0.15) is 11.6 Å². The van der Waals surface area contributed by atoms with E-state index in [0.717, 1.165) is 22.1 Å². The lowest BCUT2D eigenvalue weighted by Gasteiger charge is -2.25. The third kappa shape index (κ3) is 4.79. The quantitative estimate of drug-likeness (QED) is 0.432. The Labute approximate surface area is 186 Å². The van der Waals surface area contributed by atoms with E-state index in [1.807, 2.05) is 60.7 Å². The van der Waals surface area contributed by atoms with Gasteiger partial charge in [-0.3, -0.25) is 4.79 Å². The number of hydrogen-bond donors (Lipinski definition) is 2. The molecule has 0 saturated carbocycles. The van der Waals surface area contributed by atoms with E-state index in [9.17, 15) is 14.3 Å². The Balaban J connectivity index is 1.64. The number of amides is 1. The van der Waals surface area contributed by atoms with Crippen molar-refractivity contribution in [1.29, 1.82) is 0 Å². The van der Waals surface area contributed by atoms with Gasteiger partial charge in [0, 0.05) is 5.56 Å². The van der Waals surface area contributed by atoms with Crippen LogP contribution in [0.15, 0.2) is 91.0 Å². The van der Waals surface area contributed by atoms with E-state index in [1.54, 1.807) is 13.2 Å². The third-order valence-electron chi connectivity index (χ3n) is 5.56. The molecule has 1 amide bonds. The molecule has 0 bridgehead atoms. The smallest absolute Gasteiger partial charge is 0.252 e. The summed E-state index contributed by atoms with van der Waals surface area (Å²) in [6.45, 7) is 0. The van der Waals surface area contributed by atoms with Crippen LogP contribution < -0.4 is 10.1 Å². The summed E-state index contributed by atoms with van der Waals surface area (Å²) < 4.78 is 18.6. The zero-order valence-electron chi connectivity index (χ0n) is 17.7. The standard InChI is InChI=1S/C27H24FNO3/c1-32-22-15-9-18(10-16-22)17-25(26(30)20-11-13-21(28)14-12-20)29-27(31)24-8-4-6-19-5-2-3-7-23(19)24/h2-16,25-26,30H,17H2,1H3,(H,29,31). The summed E-state index contributed by atoms with van der Waals surface area (Å²) in [7, 11) is 1.60. The molecule has 0 heterocycles. The highest BCUT2D eigenvalue weighted by Crippen LogP contribution is 2.24. The molecule has 162 valence electrons. The summed E-state index contributed by atoms with van der Waals surface area (Å²) in [4.78, 5) is 13.2. The van der Waals surface area contributed by atoms with Crippen LogP contribution in [0.5, 0.6) is 5.75 Å². The van der Waals surface area contributed by atoms with Crippen molar-refractivity contribution in [2.75, 3.05) is 7.11 Å². The van der Waals surface area contributed by atoms with Crippen molar-refractivity contribution in [3.05, 3.63) is 114 Å². The molecule has 32 heavy (non-hydrogen) atoms. The van der Waals surface area contributed by atoms with Gasteiger partial charge in [-0.25, -0.2) is 4.39 Å². The first kappa shape index (κ1) is 21.5. The van der Waals surface area contributed by atoms with Crippen molar-refractivity contribution in [2.45, 2.75) is 18.6 Å². The van der Waals surface area contributed by atoms with E-state index in [-0.39, 0.29) is 11.7 Å². The maximum absolute atomic E-state index is 13.4. The molecule has 0 aliphatic heterocycles. The van der Waals surface area contributed by atoms with Crippen molar-refractivity contribution in [3.8, 4) is 5.75 Å². The molecule has 4 aromatic carbocycles. The SMILES string of the molecule is COc1ccc(CC(NC(=O)c2cccc3ccccc23)C(O)c2ccc(F)cc2)cc1. The predicted molar refractivity (Wildman–Crippen MR) is 123 cm³/mol. The summed E-state index contributed by atoms with van der Waals surface area (Å²) >= 11 is 0. The fourth-order valence-electron chi connectivity index (χ4n) is 3.82. The zero-order valence-corrected chi connectivity index (χ0v) is 17.7. The van der Waals surface area contributed by atoms with Crippen LogP contribution in [0.1, 0.15) is 27.6 Å². The van der Waals surface area contributed by atoms with Gasteiger partial charge in [0.25, 0.3) is 5.91 Å². The minimum atomic E-state index is -1.02. The minimum Gasteiger partial charge on any atom is -0.497 e. The molecular formula is C27H24FNO3. The Morgan fingerprint density at radius 3 is 2.34 bits per heavy atom. The number of carbonyl (C=O) groups excluding carboxylic acids is 1. The van der Waals surface area contributed by atoms with Crippen molar-refractivity contribution < 1.29 is 19.0 Å². The number of aliphatic hydroxyl groups is 1. The number of ether oxygens (including phenoxy) is 1. The van der Waals surface area contributed by atoms with Crippen LogP contribution in [0.2, 0.25) is 0 Å². The van der Waals surface area contributed by atoms with E-state index in [1.165, 1.54) is 24.3 Å². The first-order valence-corrected chi connectivity index (χ1v) is 10.4. The molecule has 2 unspecified atom stereocenters. The fourth-order valence-corrected chi connectivity index (χ4v) is 3.82. The van der Waals surface area contributed by atoms with Crippen LogP contribution >= 0.6 is 0 Å². The fraction of sp³-hybridized carbons (Fsp3) is 0.148. The highest BCUT2D eigenvalue weighted by molar-refractivity contribution is 6.07. The van der Waals surface area contributed by atoms with Gasteiger partial charge in [-0.15, -0.1) is 0 Å². The average Bonchev–Trinajstić information content (AvgIpc) is 2.83. The monoisotopic (exact) mass is 429 g/mol. The van der Waals surface area contributed by atoms with Crippen molar-refractivity contribution >= 4 is 16.7 Å². The molecule has 4 aromatic rings. The molecule has 0 aliphatic rings. The Morgan fingerprint density at radius 2 is 1.62 bits per heavy atom. The second kappa shape index (κ2) is 9.62. The Kier molecular flexibility index (Phi) is 6.47. The number of hydrogen-bond acceptors (Lipinski definition) is 3. The van der Waals surface area contributed by atoms with Crippen LogP contribution in [0.25, 0.3) is 10.8 Å². The summed E-state index contributed by atoms with van der Waals surface area (Å²) in [6.07, 6.45) is -0.629. The normalized spacial score (nSPS) is 12.8. The second-order valence-electron chi connectivity index (χ2n) is 7.66. The maximum Gasteiger partial charge on any atom is 0.252 e. The molecule has 0 radical (unpaired) electrons. The topological polar surface area (TPSA) is 58.6 Å². The molecular weight excluding hydrogens is 405 g/mol. The van der Waals surface area contributed by atoms with Crippen LogP contribution in [-0.4, -0.2) is 24.2 Å². The summed E-state index contributed by atoms with van der Waals surface area (Å²) in [5, 5.41) is 15.9. The first-order valence-electron chi connectivity index (χ1n) is 10.4. The lowest BCUT2D eigenvalue weighted by Crippen LogP contribution is -2.41. The second-order valence-corrected chi connectivity index (χ2v) is 7.66. The Bertz CT molecular complexity index is 1200. The summed E-state index contributed by atoms with van der Waals surface area (Å²) in [5.74, 6) is 0.0677. The highest BCUT2D eigenvalue weighted by Gasteiger charge is 2.24. The number of fused-ring (bicyclic) bond motifs is 1. The van der Waals surface area contributed by atoms with E-state index >= 15 is 0 Å². The lowest BCUT2D eigenvalue weighted by molar-refractivity contribution is 0.0833. The number of carbonyl (C=O) groups is 1. The molecule has 0 spiro atoms. The van der Waals surface area contributed by atoms with Crippen molar-refractivity contribution in [2.24, 2.45) is 0 Å². The predicted octanol–water partition coefficient (Wildman–Crippen LogP) is 5.06. The van der Waals surface area contributed by atoms with Gasteiger partial charge in [0.05, 0.1) is 19.3 Å².